The number of esters is 1. The van der Waals surface area contributed by atoms with Gasteiger partial charge in [0, 0.05) is 0 Å². The number of ether oxygens (including phenoxy) is 5. The Morgan fingerprint density at radius 1 is 0.871 bits per heavy atom. The van der Waals surface area contributed by atoms with Crippen molar-refractivity contribution in [3.8, 4) is 28.7 Å². The van der Waals surface area contributed by atoms with E-state index in [-0.39, 0.29) is 5.75 Å². The third-order valence-corrected chi connectivity index (χ3v) is 4.27. The van der Waals surface area contributed by atoms with E-state index < -0.39 is 24.4 Å². The van der Waals surface area contributed by atoms with Crippen LogP contribution in [0.2, 0.25) is 0 Å². The fraction of sp³-hybridized carbons (Fsp3) is 0.273. The van der Waals surface area contributed by atoms with Crippen LogP contribution in [0.1, 0.15) is 17.5 Å². The number of hydrogen-bond acceptors (Lipinski definition) is 8. The van der Waals surface area contributed by atoms with E-state index in [9.17, 15) is 9.59 Å². The highest BCUT2D eigenvalue weighted by atomic mass is 16.6. The summed E-state index contributed by atoms with van der Waals surface area (Å²) in [5.41, 5.74) is 6.88. The van der Waals surface area contributed by atoms with E-state index >= 15 is 0 Å². The number of aliphatic carboxylic acids is 1. The van der Waals surface area contributed by atoms with Crippen molar-refractivity contribution in [3.05, 3.63) is 41.5 Å². The van der Waals surface area contributed by atoms with Crippen molar-refractivity contribution in [3.63, 3.8) is 0 Å². The molecular formula is C22H25NO8. The fourth-order valence-corrected chi connectivity index (χ4v) is 2.70. The number of carboxylic acids is 1. The van der Waals surface area contributed by atoms with E-state index in [1.165, 1.54) is 28.4 Å². The smallest absolute Gasteiger partial charge is 0.321 e. The molecule has 1 atom stereocenters. The average Bonchev–Trinajstić information content (AvgIpc) is 2.76. The number of hydrogen-bond donors (Lipinski definition) is 2. The summed E-state index contributed by atoms with van der Waals surface area (Å²) < 4.78 is 26.5. The van der Waals surface area contributed by atoms with Crippen LogP contribution in [0.5, 0.6) is 28.7 Å². The summed E-state index contributed by atoms with van der Waals surface area (Å²) in [5, 5.41) is 8.84. The Labute approximate surface area is 179 Å². The lowest BCUT2D eigenvalue weighted by molar-refractivity contribution is -0.143. The number of carbonyl (C=O) groups excluding carboxylic acids is 1. The summed E-state index contributed by atoms with van der Waals surface area (Å²) in [4.78, 5) is 22.8. The second kappa shape index (κ2) is 10.9. The monoisotopic (exact) mass is 431 g/mol. The summed E-state index contributed by atoms with van der Waals surface area (Å²) in [6.07, 6.45) is 3.14. The van der Waals surface area contributed by atoms with Crippen LogP contribution in [0.25, 0.3) is 12.2 Å². The summed E-state index contributed by atoms with van der Waals surface area (Å²) in [6, 6.07) is 7.23. The molecule has 2 aromatic carbocycles. The summed E-state index contributed by atoms with van der Waals surface area (Å²) in [5.74, 6) is -0.0779. The molecule has 0 heterocycles. The minimum atomic E-state index is -1.35. The lowest BCUT2D eigenvalue weighted by atomic mass is 10.1. The molecular weight excluding hydrogens is 406 g/mol. The predicted molar refractivity (Wildman–Crippen MR) is 114 cm³/mol. The number of carbonyl (C=O) groups is 2. The molecule has 0 aliphatic heterocycles. The lowest BCUT2D eigenvalue weighted by Crippen LogP contribution is -2.33. The van der Waals surface area contributed by atoms with Gasteiger partial charge in [0.05, 0.1) is 34.9 Å². The molecule has 0 aromatic heterocycles. The second-order valence-electron chi connectivity index (χ2n) is 6.33. The molecule has 9 heteroatoms. The van der Waals surface area contributed by atoms with Crippen molar-refractivity contribution in [2.45, 2.75) is 12.5 Å². The molecule has 0 saturated heterocycles. The molecule has 0 aliphatic rings. The van der Waals surface area contributed by atoms with Gasteiger partial charge >= 0.3 is 11.9 Å². The van der Waals surface area contributed by atoms with E-state index in [0.29, 0.717) is 28.6 Å². The molecule has 166 valence electrons. The van der Waals surface area contributed by atoms with E-state index in [0.717, 1.165) is 5.56 Å². The molecule has 0 fully saturated rings. The van der Waals surface area contributed by atoms with E-state index in [1.54, 1.807) is 36.4 Å². The third-order valence-electron chi connectivity index (χ3n) is 4.27. The Balaban J connectivity index is 2.28. The zero-order chi connectivity index (χ0) is 23.0. The first-order valence-corrected chi connectivity index (χ1v) is 9.18. The molecule has 9 nitrogen and oxygen atoms in total. The topological polar surface area (TPSA) is 127 Å². The van der Waals surface area contributed by atoms with Crippen LogP contribution in [0.3, 0.4) is 0 Å². The molecule has 0 spiro atoms. The van der Waals surface area contributed by atoms with Crippen molar-refractivity contribution >= 4 is 24.1 Å². The van der Waals surface area contributed by atoms with Crippen LogP contribution in [-0.4, -0.2) is 51.5 Å². The molecule has 3 N–H and O–H groups in total. The van der Waals surface area contributed by atoms with Crippen LogP contribution in [0.4, 0.5) is 0 Å². The normalized spacial score (nSPS) is 11.6. The van der Waals surface area contributed by atoms with E-state index in [2.05, 4.69) is 0 Å². The molecule has 2 aromatic rings. The molecule has 0 saturated carbocycles. The Kier molecular flexibility index (Phi) is 8.27. The van der Waals surface area contributed by atoms with Crippen LogP contribution in [0.15, 0.2) is 30.3 Å². The molecule has 0 radical (unpaired) electrons. The van der Waals surface area contributed by atoms with Gasteiger partial charge in [-0.05, 0) is 35.4 Å². The maximum absolute atomic E-state index is 12.0. The molecule has 0 amide bonds. The first-order valence-electron chi connectivity index (χ1n) is 9.18. The highest BCUT2D eigenvalue weighted by Crippen LogP contribution is 2.38. The Bertz CT molecular complexity index is 945. The van der Waals surface area contributed by atoms with Crippen molar-refractivity contribution in [2.24, 2.45) is 5.73 Å². The standard InChI is InChI=1S/C22H25NO8/c1-27-16-8-7-13(9-17(16)31-20(24)12-15(23)22(25)26)5-6-14-10-18(28-2)21(30-4)19(11-14)29-3/h5-11,15H,12,23H2,1-4H3,(H,25,26)/b6-5+. The zero-order valence-electron chi connectivity index (χ0n) is 17.7. The van der Waals surface area contributed by atoms with Gasteiger partial charge in [-0.15, -0.1) is 0 Å². The highest BCUT2D eigenvalue weighted by Gasteiger charge is 2.19. The van der Waals surface area contributed by atoms with E-state index in [4.69, 9.17) is 34.5 Å². The molecule has 0 bridgehead atoms. The van der Waals surface area contributed by atoms with Gasteiger partial charge in [-0.25, -0.2) is 0 Å². The largest absolute Gasteiger partial charge is 0.493 e. The fourth-order valence-electron chi connectivity index (χ4n) is 2.70. The van der Waals surface area contributed by atoms with Gasteiger partial charge in [0.1, 0.15) is 6.04 Å². The van der Waals surface area contributed by atoms with Crippen LogP contribution >= 0.6 is 0 Å². The number of benzene rings is 2. The van der Waals surface area contributed by atoms with Gasteiger partial charge in [0.15, 0.2) is 23.0 Å². The summed E-state index contributed by atoms with van der Waals surface area (Å²) in [6.45, 7) is 0. The second-order valence-corrected chi connectivity index (χ2v) is 6.33. The first-order chi connectivity index (χ1) is 14.8. The van der Waals surface area contributed by atoms with Gasteiger partial charge in [-0.3, -0.25) is 9.59 Å². The Morgan fingerprint density at radius 2 is 1.42 bits per heavy atom. The Morgan fingerprint density at radius 3 is 1.94 bits per heavy atom. The Hall–Kier alpha value is -3.72. The van der Waals surface area contributed by atoms with Gasteiger partial charge in [-0.2, -0.15) is 0 Å². The van der Waals surface area contributed by atoms with Crippen molar-refractivity contribution in [1.82, 2.24) is 0 Å². The van der Waals surface area contributed by atoms with Crippen molar-refractivity contribution in [2.75, 3.05) is 28.4 Å². The molecule has 31 heavy (non-hydrogen) atoms. The van der Waals surface area contributed by atoms with Crippen molar-refractivity contribution in [1.29, 1.82) is 0 Å². The van der Waals surface area contributed by atoms with E-state index in [1.807, 2.05) is 6.08 Å². The maximum Gasteiger partial charge on any atom is 0.321 e. The summed E-state index contributed by atoms with van der Waals surface area (Å²) >= 11 is 0. The van der Waals surface area contributed by atoms with Gasteiger partial charge in [0.2, 0.25) is 5.75 Å². The molecule has 0 aliphatic carbocycles. The lowest BCUT2D eigenvalue weighted by Gasteiger charge is -2.13. The van der Waals surface area contributed by atoms with Gasteiger partial charge in [-0.1, -0.05) is 18.2 Å². The SMILES string of the molecule is COc1ccc(/C=C/c2cc(OC)c(OC)c(OC)c2)cc1OC(=O)CC(N)C(=O)O. The van der Waals surface area contributed by atoms with Gasteiger partial charge < -0.3 is 34.5 Å². The quantitative estimate of drug-likeness (QED) is 0.331. The first kappa shape index (κ1) is 23.6. The average molecular weight is 431 g/mol. The number of methoxy groups -OCH3 is 4. The maximum atomic E-state index is 12.0. The predicted octanol–water partition coefficient (Wildman–Crippen LogP) is 2.60. The van der Waals surface area contributed by atoms with Crippen LogP contribution in [0, 0.1) is 0 Å². The number of nitrogens with two attached hydrogens (primary N) is 1. The number of carboxylic acid groups (broad SMARTS) is 1. The summed E-state index contributed by atoms with van der Waals surface area (Å²) in [7, 11) is 6.02. The van der Waals surface area contributed by atoms with Gasteiger partial charge in [0.25, 0.3) is 0 Å². The van der Waals surface area contributed by atoms with Crippen LogP contribution in [-0.2, 0) is 9.59 Å². The third kappa shape index (κ3) is 6.13. The highest BCUT2D eigenvalue weighted by molar-refractivity contribution is 5.83. The minimum Gasteiger partial charge on any atom is -0.493 e. The van der Waals surface area contributed by atoms with Crippen LogP contribution < -0.4 is 29.4 Å². The molecule has 2 rings (SSSR count). The number of rotatable bonds is 10. The minimum absolute atomic E-state index is 0.150. The van der Waals surface area contributed by atoms with Crippen molar-refractivity contribution < 1.29 is 38.4 Å². The molecule has 1 unspecified atom stereocenters. The zero-order valence-corrected chi connectivity index (χ0v) is 17.7.